The van der Waals surface area contributed by atoms with Crippen molar-refractivity contribution in [2.24, 2.45) is 5.10 Å². The number of hydrogen-bond donors (Lipinski definition) is 2. The Balaban J connectivity index is 1.73. The van der Waals surface area contributed by atoms with Crippen molar-refractivity contribution in [3.05, 3.63) is 47.7 Å². The Bertz CT molecular complexity index is 1100. The van der Waals surface area contributed by atoms with Crippen molar-refractivity contribution < 1.29 is 28.5 Å². The molecule has 1 heterocycles. The van der Waals surface area contributed by atoms with Crippen LogP contribution >= 0.6 is 0 Å². The molecule has 10 heteroatoms. The van der Waals surface area contributed by atoms with Crippen LogP contribution in [0.4, 0.5) is 0 Å². The van der Waals surface area contributed by atoms with Crippen LogP contribution in [0, 0.1) is 0 Å². The van der Waals surface area contributed by atoms with E-state index in [0.29, 0.717) is 40.0 Å². The molecule has 3 rings (SSSR count). The molecule has 168 valence electrons. The highest BCUT2D eigenvalue weighted by atomic mass is 16.5. The van der Waals surface area contributed by atoms with Gasteiger partial charge >= 0.3 is 0 Å². The first-order valence-corrected chi connectivity index (χ1v) is 9.45. The van der Waals surface area contributed by atoms with Gasteiger partial charge in [-0.25, -0.2) is 5.43 Å². The van der Waals surface area contributed by atoms with Gasteiger partial charge in [0.1, 0.15) is 5.69 Å². The lowest BCUT2D eigenvalue weighted by Gasteiger charge is -2.12. The van der Waals surface area contributed by atoms with Gasteiger partial charge in [0.05, 0.1) is 47.5 Å². The monoisotopic (exact) mass is 440 g/mol. The first kappa shape index (κ1) is 22.5. The number of benzene rings is 2. The quantitative estimate of drug-likeness (QED) is 0.388. The SMILES string of the molecule is COc1ccc(-c2cc(C(=O)N/N=C\c3cc(OC)c(OC)c(OC)c3)[nH]n2)cc1OC. The lowest BCUT2D eigenvalue weighted by molar-refractivity contribution is 0.0950. The number of carbonyl (C=O) groups excluding carboxylic acids is 1. The van der Waals surface area contributed by atoms with Gasteiger partial charge in [0.2, 0.25) is 5.75 Å². The van der Waals surface area contributed by atoms with Gasteiger partial charge in [0, 0.05) is 11.1 Å². The molecule has 3 aromatic rings. The number of aromatic amines is 1. The smallest absolute Gasteiger partial charge is 0.289 e. The topological polar surface area (TPSA) is 116 Å². The highest BCUT2D eigenvalue weighted by molar-refractivity contribution is 5.94. The minimum Gasteiger partial charge on any atom is -0.493 e. The van der Waals surface area contributed by atoms with Crippen LogP contribution in [0.15, 0.2) is 41.5 Å². The number of ether oxygens (including phenoxy) is 5. The van der Waals surface area contributed by atoms with Gasteiger partial charge in [-0.15, -0.1) is 0 Å². The zero-order valence-electron chi connectivity index (χ0n) is 18.4. The average molecular weight is 440 g/mol. The number of methoxy groups -OCH3 is 5. The van der Waals surface area contributed by atoms with Crippen molar-refractivity contribution in [1.82, 2.24) is 15.6 Å². The first-order valence-electron chi connectivity index (χ1n) is 9.45. The minimum atomic E-state index is -0.451. The molecule has 10 nitrogen and oxygen atoms in total. The summed E-state index contributed by atoms with van der Waals surface area (Å²) in [4.78, 5) is 12.4. The van der Waals surface area contributed by atoms with Crippen LogP contribution in [0.2, 0.25) is 0 Å². The molecule has 0 aliphatic carbocycles. The largest absolute Gasteiger partial charge is 0.493 e. The number of nitrogens with one attached hydrogen (secondary N) is 2. The van der Waals surface area contributed by atoms with Gasteiger partial charge in [0.25, 0.3) is 5.91 Å². The second kappa shape index (κ2) is 10.2. The van der Waals surface area contributed by atoms with E-state index in [1.807, 2.05) is 6.07 Å². The fraction of sp³-hybridized carbons (Fsp3) is 0.227. The van der Waals surface area contributed by atoms with Crippen LogP contribution < -0.4 is 29.1 Å². The van der Waals surface area contributed by atoms with E-state index in [9.17, 15) is 4.79 Å². The van der Waals surface area contributed by atoms with E-state index in [0.717, 1.165) is 5.56 Å². The summed E-state index contributed by atoms with van der Waals surface area (Å²) in [6, 6.07) is 10.4. The zero-order valence-corrected chi connectivity index (χ0v) is 18.4. The minimum absolute atomic E-state index is 0.247. The van der Waals surface area contributed by atoms with Crippen LogP contribution in [0.1, 0.15) is 16.1 Å². The third-order valence-electron chi connectivity index (χ3n) is 4.57. The van der Waals surface area contributed by atoms with Crippen LogP contribution in [-0.4, -0.2) is 57.9 Å². The van der Waals surface area contributed by atoms with Crippen LogP contribution in [0.3, 0.4) is 0 Å². The Morgan fingerprint density at radius 1 is 0.875 bits per heavy atom. The number of H-pyrrole nitrogens is 1. The number of hydrazone groups is 1. The normalized spacial score (nSPS) is 10.7. The van der Waals surface area contributed by atoms with E-state index in [1.54, 1.807) is 44.6 Å². The van der Waals surface area contributed by atoms with Gasteiger partial charge in [-0.1, -0.05) is 0 Å². The Kier molecular flexibility index (Phi) is 7.17. The molecule has 0 bridgehead atoms. The molecular formula is C22H24N4O6. The first-order chi connectivity index (χ1) is 15.5. The number of hydrogen-bond acceptors (Lipinski definition) is 8. The molecule has 0 aliphatic heterocycles. The van der Waals surface area contributed by atoms with E-state index in [1.165, 1.54) is 27.5 Å². The van der Waals surface area contributed by atoms with Gasteiger partial charge < -0.3 is 23.7 Å². The Morgan fingerprint density at radius 2 is 1.53 bits per heavy atom. The maximum absolute atomic E-state index is 12.4. The fourth-order valence-electron chi connectivity index (χ4n) is 2.98. The molecule has 2 N–H and O–H groups in total. The number of carbonyl (C=O) groups is 1. The predicted octanol–water partition coefficient (Wildman–Crippen LogP) is 2.88. The molecule has 1 aromatic heterocycles. The van der Waals surface area contributed by atoms with Gasteiger partial charge in [-0.3, -0.25) is 9.89 Å². The number of amides is 1. The molecule has 1 amide bonds. The van der Waals surface area contributed by atoms with E-state index in [2.05, 4.69) is 20.7 Å². The van der Waals surface area contributed by atoms with E-state index >= 15 is 0 Å². The summed E-state index contributed by atoms with van der Waals surface area (Å²) in [5.41, 5.74) is 4.69. The average Bonchev–Trinajstić information content (AvgIpc) is 3.33. The summed E-state index contributed by atoms with van der Waals surface area (Å²) in [5, 5.41) is 10.9. The highest BCUT2D eigenvalue weighted by Crippen LogP contribution is 2.37. The third-order valence-corrected chi connectivity index (χ3v) is 4.57. The van der Waals surface area contributed by atoms with Crippen LogP contribution in [0.5, 0.6) is 28.7 Å². The summed E-state index contributed by atoms with van der Waals surface area (Å²) >= 11 is 0. The lowest BCUT2D eigenvalue weighted by atomic mass is 10.1. The lowest BCUT2D eigenvalue weighted by Crippen LogP contribution is -2.18. The summed E-state index contributed by atoms with van der Waals surface area (Å²) in [6.45, 7) is 0. The van der Waals surface area contributed by atoms with E-state index in [-0.39, 0.29) is 5.69 Å². The Labute approximate surface area is 185 Å². The second-order valence-electron chi connectivity index (χ2n) is 6.39. The summed E-state index contributed by atoms with van der Waals surface area (Å²) in [6.07, 6.45) is 1.47. The standard InChI is InChI=1S/C22H24N4O6/c1-28-17-7-6-14(10-18(17)29-2)15-11-16(25-24-15)22(27)26-23-12-13-8-19(30-3)21(32-5)20(9-13)31-4/h6-12H,1-5H3,(H,24,25)(H,26,27)/b23-12-. The van der Waals surface area contributed by atoms with Crippen molar-refractivity contribution in [2.45, 2.75) is 0 Å². The van der Waals surface area contributed by atoms with Crippen molar-refractivity contribution in [1.29, 1.82) is 0 Å². The number of aromatic nitrogens is 2. The fourth-order valence-corrected chi connectivity index (χ4v) is 2.98. The molecule has 0 saturated heterocycles. The molecule has 0 saturated carbocycles. The Morgan fingerprint density at radius 3 is 2.12 bits per heavy atom. The van der Waals surface area contributed by atoms with Gasteiger partial charge in [-0.05, 0) is 36.4 Å². The van der Waals surface area contributed by atoms with Crippen molar-refractivity contribution in [2.75, 3.05) is 35.5 Å². The summed E-state index contributed by atoms with van der Waals surface area (Å²) < 4.78 is 26.5. The van der Waals surface area contributed by atoms with Crippen molar-refractivity contribution in [3.63, 3.8) is 0 Å². The molecule has 0 radical (unpaired) electrons. The van der Waals surface area contributed by atoms with E-state index < -0.39 is 5.91 Å². The molecule has 32 heavy (non-hydrogen) atoms. The number of rotatable bonds is 9. The maximum Gasteiger partial charge on any atom is 0.289 e. The summed E-state index contributed by atoms with van der Waals surface area (Å²) in [7, 11) is 7.68. The molecule has 0 fully saturated rings. The molecule has 2 aromatic carbocycles. The van der Waals surface area contributed by atoms with Crippen LogP contribution in [-0.2, 0) is 0 Å². The maximum atomic E-state index is 12.4. The predicted molar refractivity (Wildman–Crippen MR) is 118 cm³/mol. The van der Waals surface area contributed by atoms with Gasteiger partial charge in [-0.2, -0.15) is 10.2 Å². The van der Waals surface area contributed by atoms with Crippen molar-refractivity contribution in [3.8, 4) is 40.0 Å². The van der Waals surface area contributed by atoms with Crippen molar-refractivity contribution >= 4 is 12.1 Å². The van der Waals surface area contributed by atoms with E-state index in [4.69, 9.17) is 23.7 Å². The second-order valence-corrected chi connectivity index (χ2v) is 6.39. The molecule has 0 spiro atoms. The third kappa shape index (κ3) is 4.75. The molecule has 0 atom stereocenters. The molecule has 0 unspecified atom stereocenters. The zero-order chi connectivity index (χ0) is 23.1. The highest BCUT2D eigenvalue weighted by Gasteiger charge is 2.14. The number of nitrogens with zero attached hydrogens (tertiary/aromatic N) is 2. The van der Waals surface area contributed by atoms with Gasteiger partial charge in [0.15, 0.2) is 23.0 Å². The molecular weight excluding hydrogens is 416 g/mol. The Hall–Kier alpha value is -4.21. The molecule has 0 aliphatic rings. The summed E-state index contributed by atoms with van der Waals surface area (Å²) in [5.74, 6) is 2.14. The van der Waals surface area contributed by atoms with Crippen LogP contribution in [0.25, 0.3) is 11.3 Å².